The predicted molar refractivity (Wildman–Crippen MR) is 69.4 cm³/mol. The Bertz CT molecular complexity index is 409. The topological polar surface area (TPSA) is 93.2 Å². The first-order chi connectivity index (χ1) is 9.09. The van der Waals surface area contributed by atoms with Gasteiger partial charge in [-0.15, -0.1) is 0 Å². The third-order valence-corrected chi connectivity index (χ3v) is 2.06. The summed E-state index contributed by atoms with van der Waals surface area (Å²) in [5.74, 6) is -1.39. The molecule has 0 fully saturated rings. The standard InChI is InChI=1S/C12H18N4O3/c1-9(2)19-8-4-7-13-10(17)11(18)16-12-14-5-3-6-15-12/h3,5-6,9H,4,7-8H2,1-2H3,(H,13,17)(H,14,15,16,18). The van der Waals surface area contributed by atoms with Crippen LogP contribution in [-0.4, -0.2) is 41.0 Å². The van der Waals surface area contributed by atoms with Crippen molar-refractivity contribution in [2.24, 2.45) is 0 Å². The lowest BCUT2D eigenvalue weighted by molar-refractivity contribution is -0.136. The average molecular weight is 266 g/mol. The van der Waals surface area contributed by atoms with Gasteiger partial charge in [-0.1, -0.05) is 0 Å². The number of aromatic nitrogens is 2. The third-order valence-electron chi connectivity index (χ3n) is 2.06. The zero-order chi connectivity index (χ0) is 14.1. The van der Waals surface area contributed by atoms with E-state index in [4.69, 9.17) is 4.74 Å². The summed E-state index contributed by atoms with van der Waals surface area (Å²) in [5.41, 5.74) is 0. The van der Waals surface area contributed by atoms with Crippen LogP contribution in [0.1, 0.15) is 20.3 Å². The number of carbonyl (C=O) groups is 2. The summed E-state index contributed by atoms with van der Waals surface area (Å²) in [6.45, 7) is 4.80. The van der Waals surface area contributed by atoms with Crippen LogP contribution in [0.3, 0.4) is 0 Å². The second kappa shape index (κ2) is 8.15. The van der Waals surface area contributed by atoms with Crippen molar-refractivity contribution in [2.75, 3.05) is 18.5 Å². The van der Waals surface area contributed by atoms with Crippen molar-refractivity contribution in [3.63, 3.8) is 0 Å². The van der Waals surface area contributed by atoms with Gasteiger partial charge in [0.15, 0.2) is 0 Å². The molecule has 0 aromatic carbocycles. The minimum atomic E-state index is -0.782. The zero-order valence-electron chi connectivity index (χ0n) is 11.0. The summed E-state index contributed by atoms with van der Waals surface area (Å²) in [4.78, 5) is 30.4. The quantitative estimate of drug-likeness (QED) is 0.572. The molecule has 0 saturated heterocycles. The number of amides is 2. The van der Waals surface area contributed by atoms with Gasteiger partial charge >= 0.3 is 11.8 Å². The van der Waals surface area contributed by atoms with Gasteiger partial charge in [0.1, 0.15) is 0 Å². The van der Waals surface area contributed by atoms with Crippen LogP contribution in [-0.2, 0) is 14.3 Å². The van der Waals surface area contributed by atoms with Crippen LogP contribution in [0, 0.1) is 0 Å². The molecule has 0 bridgehead atoms. The van der Waals surface area contributed by atoms with Crippen molar-refractivity contribution in [3.8, 4) is 0 Å². The van der Waals surface area contributed by atoms with Gasteiger partial charge in [-0.3, -0.25) is 14.9 Å². The molecule has 19 heavy (non-hydrogen) atoms. The molecule has 0 aliphatic carbocycles. The van der Waals surface area contributed by atoms with E-state index in [-0.39, 0.29) is 12.1 Å². The molecule has 0 saturated carbocycles. The van der Waals surface area contributed by atoms with Gasteiger partial charge < -0.3 is 10.1 Å². The van der Waals surface area contributed by atoms with Crippen LogP contribution < -0.4 is 10.6 Å². The van der Waals surface area contributed by atoms with E-state index in [1.165, 1.54) is 12.4 Å². The van der Waals surface area contributed by atoms with Crippen LogP contribution >= 0.6 is 0 Å². The first-order valence-electron chi connectivity index (χ1n) is 6.07. The van der Waals surface area contributed by atoms with Crippen LogP contribution in [0.4, 0.5) is 5.95 Å². The predicted octanol–water partition coefficient (Wildman–Crippen LogP) is 0.346. The monoisotopic (exact) mass is 266 g/mol. The largest absolute Gasteiger partial charge is 0.379 e. The minimum Gasteiger partial charge on any atom is -0.379 e. The third kappa shape index (κ3) is 6.46. The van der Waals surface area contributed by atoms with Crippen molar-refractivity contribution in [3.05, 3.63) is 18.5 Å². The number of hydrogen-bond donors (Lipinski definition) is 2. The number of carbonyl (C=O) groups excluding carboxylic acids is 2. The fourth-order valence-corrected chi connectivity index (χ4v) is 1.20. The number of rotatable bonds is 6. The molecule has 7 nitrogen and oxygen atoms in total. The fourth-order valence-electron chi connectivity index (χ4n) is 1.20. The highest BCUT2D eigenvalue weighted by Gasteiger charge is 2.13. The Morgan fingerprint density at radius 1 is 1.26 bits per heavy atom. The number of nitrogens with zero attached hydrogens (tertiary/aromatic N) is 2. The van der Waals surface area contributed by atoms with Gasteiger partial charge in [-0.25, -0.2) is 9.97 Å². The molecule has 0 aliphatic heterocycles. The SMILES string of the molecule is CC(C)OCCCNC(=O)C(=O)Nc1ncccn1. The Hall–Kier alpha value is -2.02. The lowest BCUT2D eigenvalue weighted by Gasteiger charge is -2.08. The molecule has 1 rings (SSSR count). The lowest BCUT2D eigenvalue weighted by Crippen LogP contribution is -2.36. The molecule has 0 spiro atoms. The van der Waals surface area contributed by atoms with E-state index in [1.807, 2.05) is 13.8 Å². The Labute approximate surface area is 111 Å². The molecule has 104 valence electrons. The first-order valence-corrected chi connectivity index (χ1v) is 6.07. The van der Waals surface area contributed by atoms with Crippen LogP contribution in [0.15, 0.2) is 18.5 Å². The van der Waals surface area contributed by atoms with E-state index < -0.39 is 11.8 Å². The molecule has 1 aromatic heterocycles. The van der Waals surface area contributed by atoms with Crippen LogP contribution in [0.25, 0.3) is 0 Å². The first kappa shape index (κ1) is 15.0. The molecule has 7 heteroatoms. The highest BCUT2D eigenvalue weighted by atomic mass is 16.5. The van der Waals surface area contributed by atoms with Crippen molar-refractivity contribution in [1.29, 1.82) is 0 Å². The summed E-state index contributed by atoms with van der Waals surface area (Å²) >= 11 is 0. The highest BCUT2D eigenvalue weighted by Crippen LogP contribution is 1.93. The number of nitrogens with one attached hydrogen (secondary N) is 2. The lowest BCUT2D eigenvalue weighted by atomic mass is 10.4. The summed E-state index contributed by atoms with van der Waals surface area (Å²) in [6, 6.07) is 1.62. The molecule has 0 unspecified atom stereocenters. The maximum atomic E-state index is 11.4. The maximum absolute atomic E-state index is 11.4. The molecule has 2 amide bonds. The second-order valence-electron chi connectivity index (χ2n) is 4.06. The maximum Gasteiger partial charge on any atom is 0.316 e. The minimum absolute atomic E-state index is 0.103. The van der Waals surface area contributed by atoms with Gasteiger partial charge in [-0.2, -0.15) is 0 Å². The number of ether oxygens (including phenoxy) is 1. The molecule has 1 heterocycles. The van der Waals surface area contributed by atoms with E-state index >= 15 is 0 Å². The number of hydrogen-bond acceptors (Lipinski definition) is 5. The van der Waals surface area contributed by atoms with Gasteiger partial charge in [0.05, 0.1) is 6.10 Å². The molecular weight excluding hydrogens is 248 g/mol. The van der Waals surface area contributed by atoms with Gasteiger partial charge in [0, 0.05) is 25.5 Å². The molecule has 0 radical (unpaired) electrons. The van der Waals surface area contributed by atoms with E-state index in [0.29, 0.717) is 19.6 Å². The molecule has 2 N–H and O–H groups in total. The van der Waals surface area contributed by atoms with E-state index in [9.17, 15) is 9.59 Å². The molecule has 0 atom stereocenters. The van der Waals surface area contributed by atoms with E-state index in [2.05, 4.69) is 20.6 Å². The summed E-state index contributed by atoms with van der Waals surface area (Å²) in [7, 11) is 0. The average Bonchev–Trinajstić information content (AvgIpc) is 2.38. The Kier molecular flexibility index (Phi) is 6.45. The highest BCUT2D eigenvalue weighted by molar-refractivity contribution is 6.39. The Morgan fingerprint density at radius 2 is 1.95 bits per heavy atom. The van der Waals surface area contributed by atoms with Gasteiger partial charge in [0.2, 0.25) is 5.95 Å². The molecule has 1 aromatic rings. The smallest absolute Gasteiger partial charge is 0.316 e. The van der Waals surface area contributed by atoms with Gasteiger partial charge in [-0.05, 0) is 26.3 Å². The van der Waals surface area contributed by atoms with Crippen molar-refractivity contribution >= 4 is 17.8 Å². The van der Waals surface area contributed by atoms with E-state index in [0.717, 1.165) is 0 Å². The normalized spacial score (nSPS) is 10.3. The summed E-state index contributed by atoms with van der Waals surface area (Å²) in [5, 5.41) is 4.79. The van der Waals surface area contributed by atoms with Crippen molar-refractivity contribution < 1.29 is 14.3 Å². The molecular formula is C12H18N4O3. The van der Waals surface area contributed by atoms with E-state index in [1.54, 1.807) is 6.07 Å². The Balaban J connectivity index is 2.20. The van der Waals surface area contributed by atoms with Crippen LogP contribution in [0.2, 0.25) is 0 Å². The van der Waals surface area contributed by atoms with Gasteiger partial charge in [0.25, 0.3) is 0 Å². The zero-order valence-corrected chi connectivity index (χ0v) is 11.0. The van der Waals surface area contributed by atoms with Crippen molar-refractivity contribution in [1.82, 2.24) is 15.3 Å². The summed E-state index contributed by atoms with van der Waals surface area (Å²) in [6.07, 6.45) is 3.77. The summed E-state index contributed by atoms with van der Waals surface area (Å²) < 4.78 is 5.31. The number of anilines is 1. The van der Waals surface area contributed by atoms with Crippen LogP contribution in [0.5, 0.6) is 0 Å². The second-order valence-corrected chi connectivity index (χ2v) is 4.06. The Morgan fingerprint density at radius 3 is 2.58 bits per heavy atom. The molecule has 0 aliphatic rings. The fraction of sp³-hybridized carbons (Fsp3) is 0.500. The van der Waals surface area contributed by atoms with Crippen molar-refractivity contribution in [2.45, 2.75) is 26.4 Å².